The number of hydrogen-bond donors (Lipinski definition) is 1. The third-order valence-corrected chi connectivity index (χ3v) is 3.61. The summed E-state index contributed by atoms with van der Waals surface area (Å²) >= 11 is 0. The highest BCUT2D eigenvalue weighted by Gasteiger charge is 2.38. The van der Waals surface area contributed by atoms with Crippen molar-refractivity contribution in [3.05, 3.63) is 30.1 Å². The van der Waals surface area contributed by atoms with Crippen molar-refractivity contribution in [2.24, 2.45) is 5.41 Å². The number of hydrogen-bond acceptors (Lipinski definition) is 3. The van der Waals surface area contributed by atoms with Crippen LogP contribution in [0.3, 0.4) is 0 Å². The number of carbonyl (C=O) groups excluding carboxylic acids is 1. The van der Waals surface area contributed by atoms with Crippen molar-refractivity contribution in [3.63, 3.8) is 0 Å². The van der Waals surface area contributed by atoms with Crippen molar-refractivity contribution in [2.75, 3.05) is 13.1 Å². The van der Waals surface area contributed by atoms with Crippen LogP contribution in [0.1, 0.15) is 43.0 Å². The molecule has 0 aromatic carbocycles. The lowest BCUT2D eigenvalue weighted by Crippen LogP contribution is -2.45. The molecule has 3 nitrogen and oxygen atoms in total. The van der Waals surface area contributed by atoms with Gasteiger partial charge in [0.25, 0.3) is 0 Å². The maximum atomic E-state index is 12.6. The molecule has 2 rings (SSSR count). The summed E-state index contributed by atoms with van der Waals surface area (Å²) in [5.74, 6) is 0.264. The first-order valence-electron chi connectivity index (χ1n) is 6.44. The number of nitrogens with one attached hydrogen (secondary N) is 1. The van der Waals surface area contributed by atoms with E-state index < -0.39 is 0 Å². The summed E-state index contributed by atoms with van der Waals surface area (Å²) in [5, 5.41) is 3.37. The molecule has 0 radical (unpaired) electrons. The summed E-state index contributed by atoms with van der Waals surface area (Å²) in [6.45, 7) is 3.99. The van der Waals surface area contributed by atoms with E-state index in [0.29, 0.717) is 0 Å². The standard InChI is InChI=1S/C14H20N2O/c1-2-6-14(7-4-9-16-11-14)13(17)12-5-3-8-15-10-12/h3,5,8,10,16H,2,4,6-7,9,11H2,1H3. The first-order chi connectivity index (χ1) is 8.28. The van der Waals surface area contributed by atoms with Gasteiger partial charge >= 0.3 is 0 Å². The summed E-state index contributed by atoms with van der Waals surface area (Å²) in [5.41, 5.74) is 0.556. The number of piperidine rings is 1. The molecular formula is C14H20N2O. The van der Waals surface area contributed by atoms with E-state index in [0.717, 1.165) is 44.3 Å². The molecule has 1 unspecified atom stereocenters. The first kappa shape index (κ1) is 12.2. The molecular weight excluding hydrogens is 212 g/mol. The van der Waals surface area contributed by atoms with Crippen molar-refractivity contribution in [3.8, 4) is 0 Å². The van der Waals surface area contributed by atoms with E-state index in [9.17, 15) is 4.79 Å². The predicted molar refractivity (Wildman–Crippen MR) is 68.0 cm³/mol. The largest absolute Gasteiger partial charge is 0.316 e. The molecule has 0 amide bonds. The molecule has 1 N–H and O–H groups in total. The van der Waals surface area contributed by atoms with E-state index in [1.54, 1.807) is 12.4 Å². The Morgan fingerprint density at radius 2 is 2.47 bits per heavy atom. The molecule has 17 heavy (non-hydrogen) atoms. The topological polar surface area (TPSA) is 42.0 Å². The molecule has 1 atom stereocenters. The summed E-state index contributed by atoms with van der Waals surface area (Å²) < 4.78 is 0. The van der Waals surface area contributed by atoms with E-state index in [-0.39, 0.29) is 11.2 Å². The molecule has 2 heterocycles. The van der Waals surface area contributed by atoms with Crippen LogP contribution in [-0.4, -0.2) is 23.9 Å². The summed E-state index contributed by atoms with van der Waals surface area (Å²) in [6, 6.07) is 3.71. The molecule has 0 aliphatic carbocycles. The van der Waals surface area contributed by atoms with Crippen LogP contribution in [0, 0.1) is 5.41 Å². The monoisotopic (exact) mass is 232 g/mol. The highest BCUT2D eigenvalue weighted by Crippen LogP contribution is 2.35. The molecule has 0 bridgehead atoms. The van der Waals surface area contributed by atoms with Crippen LogP contribution < -0.4 is 5.32 Å². The lowest BCUT2D eigenvalue weighted by atomic mass is 9.72. The molecule has 0 saturated carbocycles. The van der Waals surface area contributed by atoms with Crippen LogP contribution in [0.15, 0.2) is 24.5 Å². The van der Waals surface area contributed by atoms with Crippen LogP contribution in [0.25, 0.3) is 0 Å². The quantitative estimate of drug-likeness (QED) is 0.811. The van der Waals surface area contributed by atoms with Crippen molar-refractivity contribution in [1.29, 1.82) is 0 Å². The second-order valence-corrected chi connectivity index (χ2v) is 4.88. The molecule has 0 spiro atoms. The van der Waals surface area contributed by atoms with E-state index in [1.165, 1.54) is 0 Å². The molecule has 1 aromatic rings. The van der Waals surface area contributed by atoms with Gasteiger partial charge in [0.1, 0.15) is 0 Å². The number of Topliss-reactive ketones (excluding diaryl/α,β-unsaturated/α-hetero) is 1. The van der Waals surface area contributed by atoms with E-state index in [4.69, 9.17) is 0 Å². The van der Waals surface area contributed by atoms with Gasteiger partial charge in [0.05, 0.1) is 0 Å². The fourth-order valence-corrected chi connectivity index (χ4v) is 2.77. The van der Waals surface area contributed by atoms with Gasteiger partial charge in [0.15, 0.2) is 5.78 Å². The van der Waals surface area contributed by atoms with Crippen LogP contribution in [0.5, 0.6) is 0 Å². The van der Waals surface area contributed by atoms with Gasteiger partial charge in [-0.1, -0.05) is 13.3 Å². The first-order valence-corrected chi connectivity index (χ1v) is 6.44. The number of ketones is 1. The van der Waals surface area contributed by atoms with Crippen LogP contribution >= 0.6 is 0 Å². The Bertz CT molecular complexity index is 364. The molecule has 3 heteroatoms. The van der Waals surface area contributed by atoms with Gasteiger partial charge in [-0.3, -0.25) is 9.78 Å². The summed E-state index contributed by atoms with van der Waals surface area (Å²) in [6.07, 6.45) is 7.51. The van der Waals surface area contributed by atoms with E-state index in [2.05, 4.69) is 17.2 Å². The van der Waals surface area contributed by atoms with Gasteiger partial charge < -0.3 is 5.32 Å². The minimum atomic E-state index is -0.198. The third kappa shape index (κ3) is 2.55. The molecule has 1 aliphatic heterocycles. The van der Waals surface area contributed by atoms with Crippen LogP contribution in [-0.2, 0) is 0 Å². The molecule has 1 saturated heterocycles. The highest BCUT2D eigenvalue weighted by atomic mass is 16.1. The third-order valence-electron chi connectivity index (χ3n) is 3.61. The van der Waals surface area contributed by atoms with Crippen molar-refractivity contribution in [1.82, 2.24) is 10.3 Å². The number of carbonyl (C=O) groups is 1. The fourth-order valence-electron chi connectivity index (χ4n) is 2.77. The average Bonchev–Trinajstić information content (AvgIpc) is 2.40. The Morgan fingerprint density at radius 1 is 1.59 bits per heavy atom. The smallest absolute Gasteiger partial charge is 0.171 e. The molecule has 1 fully saturated rings. The maximum absolute atomic E-state index is 12.6. The van der Waals surface area contributed by atoms with Crippen LogP contribution in [0.2, 0.25) is 0 Å². The van der Waals surface area contributed by atoms with Crippen molar-refractivity contribution in [2.45, 2.75) is 32.6 Å². The SMILES string of the molecule is CCCC1(C(=O)c2cccnc2)CCCNC1. The Hall–Kier alpha value is -1.22. The second kappa shape index (κ2) is 5.41. The maximum Gasteiger partial charge on any atom is 0.171 e. The van der Waals surface area contributed by atoms with Crippen molar-refractivity contribution < 1.29 is 4.79 Å². The Morgan fingerprint density at radius 3 is 3.06 bits per heavy atom. The lowest BCUT2D eigenvalue weighted by Gasteiger charge is -2.36. The zero-order chi connectivity index (χ0) is 12.1. The zero-order valence-electron chi connectivity index (χ0n) is 10.4. The Kier molecular flexibility index (Phi) is 3.89. The fraction of sp³-hybridized carbons (Fsp3) is 0.571. The van der Waals surface area contributed by atoms with Gasteiger partial charge in [0.2, 0.25) is 0 Å². The minimum absolute atomic E-state index is 0.198. The number of nitrogens with zero attached hydrogens (tertiary/aromatic N) is 1. The number of aromatic nitrogens is 1. The number of rotatable bonds is 4. The summed E-state index contributed by atoms with van der Waals surface area (Å²) in [4.78, 5) is 16.7. The average molecular weight is 232 g/mol. The Balaban J connectivity index is 2.24. The Labute approximate surface area is 103 Å². The molecule has 1 aromatic heterocycles. The normalized spacial score (nSPS) is 24.5. The number of pyridine rings is 1. The van der Waals surface area contributed by atoms with Gasteiger partial charge in [-0.15, -0.1) is 0 Å². The second-order valence-electron chi connectivity index (χ2n) is 4.88. The summed E-state index contributed by atoms with van der Waals surface area (Å²) in [7, 11) is 0. The van der Waals surface area contributed by atoms with Gasteiger partial charge in [-0.25, -0.2) is 0 Å². The molecule has 1 aliphatic rings. The lowest BCUT2D eigenvalue weighted by molar-refractivity contribution is 0.0717. The van der Waals surface area contributed by atoms with Gasteiger partial charge in [-0.2, -0.15) is 0 Å². The van der Waals surface area contributed by atoms with Gasteiger partial charge in [0, 0.05) is 29.9 Å². The van der Waals surface area contributed by atoms with Gasteiger partial charge in [-0.05, 0) is 37.9 Å². The minimum Gasteiger partial charge on any atom is -0.316 e. The van der Waals surface area contributed by atoms with Crippen LogP contribution in [0.4, 0.5) is 0 Å². The zero-order valence-corrected chi connectivity index (χ0v) is 10.4. The molecule has 92 valence electrons. The van der Waals surface area contributed by atoms with E-state index >= 15 is 0 Å². The van der Waals surface area contributed by atoms with Crippen molar-refractivity contribution >= 4 is 5.78 Å². The predicted octanol–water partition coefficient (Wildman–Crippen LogP) is 2.43. The van der Waals surface area contributed by atoms with E-state index in [1.807, 2.05) is 12.1 Å². The highest BCUT2D eigenvalue weighted by molar-refractivity contribution is 6.00.